The Labute approximate surface area is 192 Å². The molecule has 0 radical (unpaired) electrons. The van der Waals surface area contributed by atoms with Crippen LogP contribution in [-0.2, 0) is 32.1 Å². The fraction of sp³-hybridized carbons (Fsp3) is 0.207. The summed E-state index contributed by atoms with van der Waals surface area (Å²) < 4.78 is 43.2. The molecule has 0 spiro atoms. The zero-order valence-corrected chi connectivity index (χ0v) is 18.5. The van der Waals surface area contributed by atoms with E-state index < -0.39 is 5.82 Å². The second-order valence-corrected chi connectivity index (χ2v) is 8.30. The molecule has 166 valence electrons. The van der Waals surface area contributed by atoms with Crippen molar-refractivity contribution in [3.63, 3.8) is 0 Å². The average molecular weight is 444 g/mol. The highest BCUT2D eigenvalue weighted by Crippen LogP contribution is 2.25. The van der Waals surface area contributed by atoms with Gasteiger partial charge in [-0.2, -0.15) is 5.26 Å². The minimum atomic E-state index is -0.553. The van der Waals surface area contributed by atoms with Gasteiger partial charge in [-0.1, -0.05) is 55.5 Å². The summed E-state index contributed by atoms with van der Waals surface area (Å²) >= 11 is 0. The van der Waals surface area contributed by atoms with Crippen molar-refractivity contribution in [2.24, 2.45) is 0 Å². The fourth-order valence-corrected chi connectivity index (χ4v) is 4.11. The molecule has 0 saturated carbocycles. The first-order valence-corrected chi connectivity index (χ1v) is 11.1. The van der Waals surface area contributed by atoms with Crippen molar-refractivity contribution in [1.29, 1.82) is 5.26 Å². The van der Waals surface area contributed by atoms with Gasteiger partial charge in [0.1, 0.15) is 23.5 Å². The molecule has 33 heavy (non-hydrogen) atoms. The molecule has 0 bridgehead atoms. The van der Waals surface area contributed by atoms with Gasteiger partial charge in [-0.25, -0.2) is 13.2 Å². The second-order valence-electron chi connectivity index (χ2n) is 8.30. The molecular weight excluding hydrogens is 419 g/mol. The van der Waals surface area contributed by atoms with Gasteiger partial charge in [0.05, 0.1) is 5.56 Å². The Bertz CT molecular complexity index is 1350. The molecule has 0 heterocycles. The van der Waals surface area contributed by atoms with Crippen LogP contribution >= 0.6 is 0 Å². The Hall–Kier alpha value is -3.58. The standard InChI is InChI=1S/C29H24F3N/c1-2-19-3-8-22(27(30)16-19)9-4-20-7-14-26-24(15-20)13-12-23(29(26)32)10-5-21-6-11-25(18-33)28(31)17-21/h3,6-8,11-17H,2,4-5,9-10H2,1H3. The molecule has 4 rings (SSSR count). The van der Waals surface area contributed by atoms with Crippen molar-refractivity contribution in [2.75, 3.05) is 0 Å². The van der Waals surface area contributed by atoms with Crippen LogP contribution in [0.25, 0.3) is 10.8 Å². The van der Waals surface area contributed by atoms with Crippen LogP contribution in [0, 0.1) is 28.8 Å². The maximum Gasteiger partial charge on any atom is 0.141 e. The Morgan fingerprint density at radius 2 is 1.30 bits per heavy atom. The quantitative estimate of drug-likeness (QED) is 0.295. The van der Waals surface area contributed by atoms with Crippen molar-refractivity contribution in [2.45, 2.75) is 39.0 Å². The summed E-state index contributed by atoms with van der Waals surface area (Å²) in [5.74, 6) is -0.995. The monoisotopic (exact) mass is 443 g/mol. The van der Waals surface area contributed by atoms with Gasteiger partial charge in [-0.05, 0) is 83.5 Å². The number of nitriles is 1. The fourth-order valence-electron chi connectivity index (χ4n) is 4.11. The third-order valence-electron chi connectivity index (χ3n) is 6.14. The molecule has 0 N–H and O–H groups in total. The predicted octanol–water partition coefficient (Wildman–Crippen LogP) is 7.26. The summed E-state index contributed by atoms with van der Waals surface area (Å²) in [6.07, 6.45) is 2.97. The first kappa shape index (κ1) is 22.6. The number of aryl methyl sites for hydroxylation is 5. The normalized spacial score (nSPS) is 11.0. The van der Waals surface area contributed by atoms with E-state index in [1.54, 1.807) is 30.3 Å². The molecule has 0 aromatic heterocycles. The molecule has 4 heteroatoms. The van der Waals surface area contributed by atoms with Gasteiger partial charge in [0, 0.05) is 5.39 Å². The van der Waals surface area contributed by atoms with Gasteiger partial charge < -0.3 is 0 Å². The highest BCUT2D eigenvalue weighted by atomic mass is 19.1. The Morgan fingerprint density at radius 3 is 2.00 bits per heavy atom. The summed E-state index contributed by atoms with van der Waals surface area (Å²) in [6.45, 7) is 2.00. The van der Waals surface area contributed by atoms with Crippen molar-refractivity contribution < 1.29 is 13.2 Å². The van der Waals surface area contributed by atoms with Crippen LogP contribution < -0.4 is 0 Å². The number of halogens is 3. The minimum absolute atomic E-state index is 0.00662. The van der Waals surface area contributed by atoms with Gasteiger partial charge in [0.2, 0.25) is 0 Å². The lowest BCUT2D eigenvalue weighted by atomic mass is 9.97. The van der Waals surface area contributed by atoms with E-state index in [-0.39, 0.29) is 17.2 Å². The molecule has 4 aromatic carbocycles. The van der Waals surface area contributed by atoms with E-state index in [9.17, 15) is 8.78 Å². The maximum atomic E-state index is 15.1. The second kappa shape index (κ2) is 9.92. The van der Waals surface area contributed by atoms with Crippen molar-refractivity contribution in [3.8, 4) is 6.07 Å². The van der Waals surface area contributed by atoms with Crippen LogP contribution in [0.1, 0.15) is 40.3 Å². The molecule has 0 unspecified atom stereocenters. The largest absolute Gasteiger partial charge is 0.207 e. The number of hydrogen-bond donors (Lipinski definition) is 0. The van der Waals surface area contributed by atoms with Crippen molar-refractivity contribution >= 4 is 10.8 Å². The number of nitrogens with zero attached hydrogens (tertiary/aromatic N) is 1. The first-order valence-electron chi connectivity index (χ1n) is 11.1. The Morgan fingerprint density at radius 1 is 0.667 bits per heavy atom. The van der Waals surface area contributed by atoms with Crippen molar-refractivity contribution in [3.05, 3.63) is 118 Å². The van der Waals surface area contributed by atoms with E-state index in [0.717, 1.165) is 28.5 Å². The topological polar surface area (TPSA) is 23.8 Å². The third-order valence-corrected chi connectivity index (χ3v) is 6.14. The zero-order valence-electron chi connectivity index (χ0n) is 18.5. The van der Waals surface area contributed by atoms with Crippen LogP contribution in [0.4, 0.5) is 13.2 Å². The summed E-state index contributed by atoms with van der Waals surface area (Å²) in [7, 11) is 0. The van der Waals surface area contributed by atoms with E-state index in [0.29, 0.717) is 42.2 Å². The molecule has 1 nitrogen and oxygen atoms in total. The lowest BCUT2D eigenvalue weighted by Crippen LogP contribution is -1.98. The van der Waals surface area contributed by atoms with Gasteiger partial charge in [0.15, 0.2) is 0 Å². The lowest BCUT2D eigenvalue weighted by Gasteiger charge is -2.10. The van der Waals surface area contributed by atoms with Crippen LogP contribution in [-0.4, -0.2) is 0 Å². The minimum Gasteiger partial charge on any atom is -0.207 e. The van der Waals surface area contributed by atoms with Gasteiger partial charge >= 0.3 is 0 Å². The maximum absolute atomic E-state index is 15.1. The van der Waals surface area contributed by atoms with E-state index >= 15 is 4.39 Å². The molecular formula is C29H24F3N. The summed E-state index contributed by atoms with van der Waals surface area (Å²) in [4.78, 5) is 0. The van der Waals surface area contributed by atoms with Crippen LogP contribution in [0.15, 0.2) is 66.7 Å². The van der Waals surface area contributed by atoms with E-state index in [1.807, 2.05) is 37.3 Å². The van der Waals surface area contributed by atoms with Crippen LogP contribution in [0.5, 0.6) is 0 Å². The summed E-state index contributed by atoms with van der Waals surface area (Å²) in [6, 6.07) is 21.0. The number of fused-ring (bicyclic) bond motifs is 1. The third kappa shape index (κ3) is 5.09. The Kier molecular flexibility index (Phi) is 6.79. The van der Waals surface area contributed by atoms with Gasteiger partial charge in [0.25, 0.3) is 0 Å². The van der Waals surface area contributed by atoms with E-state index in [1.165, 1.54) is 12.1 Å². The molecule has 0 amide bonds. The highest BCUT2D eigenvalue weighted by molar-refractivity contribution is 5.84. The SMILES string of the molecule is CCc1ccc(CCc2ccc3c(F)c(CCc4ccc(C#N)c(F)c4)ccc3c2)c(F)c1. The van der Waals surface area contributed by atoms with Crippen molar-refractivity contribution in [1.82, 2.24) is 0 Å². The molecule has 0 aliphatic carbocycles. The lowest BCUT2D eigenvalue weighted by molar-refractivity contribution is 0.606. The predicted molar refractivity (Wildman–Crippen MR) is 126 cm³/mol. The summed E-state index contributed by atoms with van der Waals surface area (Å²) in [5.41, 5.74) is 4.00. The number of hydrogen-bond acceptors (Lipinski definition) is 1. The molecule has 0 aliphatic heterocycles. The van der Waals surface area contributed by atoms with E-state index in [4.69, 9.17) is 5.26 Å². The van der Waals surface area contributed by atoms with Crippen LogP contribution in [0.3, 0.4) is 0 Å². The number of benzene rings is 4. The van der Waals surface area contributed by atoms with Gasteiger partial charge in [-0.15, -0.1) is 0 Å². The summed E-state index contributed by atoms with van der Waals surface area (Å²) in [5, 5.41) is 10.2. The van der Waals surface area contributed by atoms with Crippen LogP contribution in [0.2, 0.25) is 0 Å². The molecule has 0 saturated heterocycles. The zero-order chi connectivity index (χ0) is 23.4. The molecule has 0 fully saturated rings. The first-order chi connectivity index (χ1) is 16.0. The number of rotatable bonds is 7. The van der Waals surface area contributed by atoms with Gasteiger partial charge in [-0.3, -0.25) is 0 Å². The highest BCUT2D eigenvalue weighted by Gasteiger charge is 2.10. The average Bonchev–Trinajstić information content (AvgIpc) is 2.83. The molecule has 0 atom stereocenters. The molecule has 0 aliphatic rings. The molecule has 4 aromatic rings. The van der Waals surface area contributed by atoms with E-state index in [2.05, 4.69) is 0 Å². The Balaban J connectivity index is 1.47. The smallest absolute Gasteiger partial charge is 0.141 e.